The second-order valence-electron chi connectivity index (χ2n) is 7.95. The number of hydrogen-bond donors (Lipinski definition) is 3. The molecule has 4 aromatic rings. The van der Waals surface area contributed by atoms with Gasteiger partial charge in [0, 0.05) is 35.3 Å². The summed E-state index contributed by atoms with van der Waals surface area (Å²) < 4.78 is 10.8. The van der Waals surface area contributed by atoms with Gasteiger partial charge in [0.25, 0.3) is 12.1 Å². The van der Waals surface area contributed by atoms with Crippen LogP contribution in [0.5, 0.6) is 5.75 Å². The minimum absolute atomic E-state index is 0.0744. The zero-order chi connectivity index (χ0) is 25.5. The molecule has 2 heterocycles. The number of nitrogens with zero attached hydrogens (tertiary/aromatic N) is 1. The van der Waals surface area contributed by atoms with E-state index in [-0.39, 0.29) is 29.8 Å². The second kappa shape index (κ2) is 11.2. The molecule has 9 nitrogen and oxygen atoms in total. The molecule has 1 amide bonds. The number of carbonyl (C=O) groups is 3. The average Bonchev–Trinajstić information content (AvgIpc) is 3.31. The quantitative estimate of drug-likeness (QED) is 0.229. The molecule has 2 unspecified atom stereocenters. The van der Waals surface area contributed by atoms with Crippen molar-refractivity contribution >= 4 is 28.7 Å². The summed E-state index contributed by atoms with van der Waals surface area (Å²) in [5, 5.41) is 12.7. The van der Waals surface area contributed by atoms with Gasteiger partial charge in [-0.2, -0.15) is 0 Å². The molecule has 2 aromatic heterocycles. The summed E-state index contributed by atoms with van der Waals surface area (Å²) >= 11 is 0. The normalized spacial score (nSPS) is 12.5. The van der Waals surface area contributed by atoms with Crippen LogP contribution in [0.15, 0.2) is 79.1 Å². The van der Waals surface area contributed by atoms with Gasteiger partial charge in [-0.25, -0.2) is 4.79 Å². The van der Waals surface area contributed by atoms with E-state index in [2.05, 4.69) is 15.3 Å². The largest absolute Gasteiger partial charge is 0.477 e. The molecule has 0 aliphatic heterocycles. The van der Waals surface area contributed by atoms with E-state index >= 15 is 0 Å². The fraction of sp³-hybridized carbons (Fsp3) is 0.185. The van der Waals surface area contributed by atoms with Crippen molar-refractivity contribution in [3.63, 3.8) is 0 Å². The highest BCUT2D eigenvalue weighted by Gasteiger charge is 2.25. The van der Waals surface area contributed by atoms with Gasteiger partial charge in [0.2, 0.25) is 0 Å². The number of pyridine rings is 1. The van der Waals surface area contributed by atoms with E-state index < -0.39 is 18.1 Å². The maximum Gasteiger partial charge on any atom is 0.366 e. The first-order chi connectivity index (χ1) is 17.5. The molecular weight excluding hydrogens is 462 g/mol. The Balaban J connectivity index is 1.58. The Labute approximate surface area is 207 Å². The molecule has 9 heteroatoms. The molecule has 36 heavy (non-hydrogen) atoms. The van der Waals surface area contributed by atoms with Crippen molar-refractivity contribution < 1.29 is 29.0 Å². The van der Waals surface area contributed by atoms with Crippen molar-refractivity contribution in [2.45, 2.75) is 25.5 Å². The highest BCUT2D eigenvalue weighted by atomic mass is 16.5. The average molecular weight is 488 g/mol. The number of aliphatic carboxylic acids is 1. The van der Waals surface area contributed by atoms with Crippen molar-refractivity contribution in [2.24, 2.45) is 0 Å². The molecule has 0 aliphatic rings. The van der Waals surface area contributed by atoms with Gasteiger partial charge in [-0.05, 0) is 42.3 Å². The van der Waals surface area contributed by atoms with Gasteiger partial charge in [0.1, 0.15) is 11.4 Å². The van der Waals surface area contributed by atoms with E-state index in [0.717, 1.165) is 16.5 Å². The predicted octanol–water partition coefficient (Wildman–Crippen LogP) is 3.87. The number of H-pyrrole nitrogens is 1. The lowest BCUT2D eigenvalue weighted by atomic mass is 9.88. The minimum atomic E-state index is -1.62. The highest BCUT2D eigenvalue weighted by Crippen LogP contribution is 2.35. The Kier molecular flexibility index (Phi) is 7.60. The number of hydrogen-bond acceptors (Lipinski definition) is 6. The number of nitrogens with one attached hydrogen (secondary N) is 2. The van der Waals surface area contributed by atoms with Gasteiger partial charge >= 0.3 is 11.9 Å². The number of amides is 1. The third-order valence-corrected chi connectivity index (χ3v) is 5.58. The summed E-state index contributed by atoms with van der Waals surface area (Å²) in [5.74, 6) is -2.32. The number of carboxylic acids is 1. The number of carboxylic acid groups (broad SMARTS) is 1. The molecule has 0 radical (unpaired) electrons. The van der Waals surface area contributed by atoms with Crippen LogP contribution in [0.4, 0.5) is 0 Å². The van der Waals surface area contributed by atoms with Crippen LogP contribution in [0.1, 0.15) is 40.9 Å². The molecule has 2 atom stereocenters. The number of esters is 1. The van der Waals surface area contributed by atoms with E-state index in [1.807, 2.05) is 36.5 Å². The van der Waals surface area contributed by atoms with Crippen molar-refractivity contribution in [3.05, 3.63) is 95.9 Å². The summed E-state index contributed by atoms with van der Waals surface area (Å²) in [4.78, 5) is 43.5. The highest BCUT2D eigenvalue weighted by molar-refractivity contribution is 5.94. The first-order valence-electron chi connectivity index (χ1n) is 11.4. The topological polar surface area (TPSA) is 131 Å². The van der Waals surface area contributed by atoms with E-state index in [4.69, 9.17) is 9.47 Å². The number of ether oxygens (including phenoxy) is 2. The van der Waals surface area contributed by atoms with Crippen LogP contribution in [-0.4, -0.2) is 45.8 Å². The van der Waals surface area contributed by atoms with Crippen LogP contribution in [0.25, 0.3) is 10.9 Å². The van der Waals surface area contributed by atoms with Crippen LogP contribution >= 0.6 is 0 Å². The maximum absolute atomic E-state index is 12.3. The smallest absolute Gasteiger partial charge is 0.366 e. The predicted molar refractivity (Wildman–Crippen MR) is 132 cm³/mol. The van der Waals surface area contributed by atoms with E-state index in [1.54, 1.807) is 37.3 Å². The molecule has 4 rings (SSSR count). The van der Waals surface area contributed by atoms with Gasteiger partial charge in [-0.3, -0.25) is 14.6 Å². The Bertz CT molecular complexity index is 1350. The zero-order valence-corrected chi connectivity index (χ0v) is 19.5. The van der Waals surface area contributed by atoms with Crippen molar-refractivity contribution in [1.82, 2.24) is 15.3 Å². The minimum Gasteiger partial charge on any atom is -0.477 e. The first kappa shape index (κ1) is 24.5. The summed E-state index contributed by atoms with van der Waals surface area (Å²) in [6.45, 7) is 2.07. The fourth-order valence-corrected chi connectivity index (χ4v) is 3.94. The van der Waals surface area contributed by atoms with Gasteiger partial charge in [0.05, 0.1) is 13.0 Å². The van der Waals surface area contributed by atoms with Crippen LogP contribution in [0.3, 0.4) is 0 Å². The second-order valence-corrected chi connectivity index (χ2v) is 7.95. The standard InChI is InChI=1S/C27H25N3O6/c1-2-35-24(31)15-20(17-8-4-3-5-9-17)21-16-29-23-14-18(11-12-19(21)23)36-26(27(33)34)30-25(32)22-10-6-7-13-28-22/h3-14,16,20,26,29H,2,15H2,1H3,(H,30,32)(H,33,34). The van der Waals surface area contributed by atoms with Crippen LogP contribution in [-0.2, 0) is 14.3 Å². The molecule has 0 saturated carbocycles. The van der Waals surface area contributed by atoms with E-state index in [0.29, 0.717) is 12.1 Å². The van der Waals surface area contributed by atoms with Gasteiger partial charge in [-0.15, -0.1) is 0 Å². The van der Waals surface area contributed by atoms with Crippen LogP contribution < -0.4 is 10.1 Å². The van der Waals surface area contributed by atoms with Crippen LogP contribution in [0, 0.1) is 0 Å². The summed E-state index contributed by atoms with van der Waals surface area (Å²) in [6, 6.07) is 19.5. The molecule has 3 N–H and O–H groups in total. The molecule has 2 aromatic carbocycles. The van der Waals surface area contributed by atoms with Crippen molar-refractivity contribution in [1.29, 1.82) is 0 Å². The Morgan fingerprint density at radius 3 is 2.53 bits per heavy atom. The molecule has 0 bridgehead atoms. The third-order valence-electron chi connectivity index (χ3n) is 5.58. The molecule has 184 valence electrons. The molecule has 0 aliphatic carbocycles. The SMILES string of the molecule is CCOC(=O)CC(c1ccccc1)c1c[nH]c2cc(OC(NC(=O)c3ccccn3)C(=O)O)ccc12. The number of fused-ring (bicyclic) bond motifs is 1. The summed E-state index contributed by atoms with van der Waals surface area (Å²) in [5.41, 5.74) is 2.63. The number of benzene rings is 2. The third kappa shape index (κ3) is 5.69. The molecule has 0 spiro atoms. The van der Waals surface area contributed by atoms with Gasteiger partial charge < -0.3 is 24.9 Å². The van der Waals surface area contributed by atoms with E-state index in [9.17, 15) is 19.5 Å². The maximum atomic E-state index is 12.3. The molecule has 0 saturated heterocycles. The number of rotatable bonds is 10. The van der Waals surface area contributed by atoms with Gasteiger partial charge in [0.15, 0.2) is 0 Å². The summed E-state index contributed by atoms with van der Waals surface area (Å²) in [7, 11) is 0. The first-order valence-corrected chi connectivity index (χ1v) is 11.4. The lowest BCUT2D eigenvalue weighted by molar-refractivity contribution is -0.146. The van der Waals surface area contributed by atoms with E-state index in [1.165, 1.54) is 12.3 Å². The number of carbonyl (C=O) groups excluding carboxylic acids is 2. The lowest BCUT2D eigenvalue weighted by Gasteiger charge is -2.17. The fourth-order valence-electron chi connectivity index (χ4n) is 3.94. The number of aromatic nitrogens is 2. The summed E-state index contributed by atoms with van der Waals surface area (Å²) in [6.07, 6.45) is 1.81. The van der Waals surface area contributed by atoms with Gasteiger partial charge in [-0.1, -0.05) is 36.4 Å². The van der Waals surface area contributed by atoms with Crippen molar-refractivity contribution in [2.75, 3.05) is 6.61 Å². The molecular formula is C27H25N3O6. The molecule has 0 fully saturated rings. The zero-order valence-electron chi connectivity index (χ0n) is 19.5. The van der Waals surface area contributed by atoms with Crippen molar-refractivity contribution in [3.8, 4) is 5.75 Å². The monoisotopic (exact) mass is 487 g/mol. The number of aromatic amines is 1. The van der Waals surface area contributed by atoms with Crippen LogP contribution in [0.2, 0.25) is 0 Å². The Hall–Kier alpha value is -4.66. The lowest BCUT2D eigenvalue weighted by Crippen LogP contribution is -2.45. The Morgan fingerprint density at radius 2 is 1.83 bits per heavy atom. The Morgan fingerprint density at radius 1 is 1.06 bits per heavy atom.